The Hall–Kier alpha value is -1.89. The molecule has 1 aromatic carbocycles. The van der Waals surface area contributed by atoms with Crippen LogP contribution in [0.3, 0.4) is 0 Å². The van der Waals surface area contributed by atoms with Crippen LogP contribution in [0, 0.1) is 23.1 Å². The van der Waals surface area contributed by atoms with Gasteiger partial charge in [0.25, 0.3) is 0 Å². The molecule has 27 heavy (non-hydrogen) atoms. The van der Waals surface area contributed by atoms with Crippen LogP contribution in [-0.2, 0) is 11.3 Å². The highest BCUT2D eigenvalue weighted by atomic mass is 127. The molecule has 0 aromatic heterocycles. The molecule has 1 aliphatic heterocycles. The van der Waals surface area contributed by atoms with Gasteiger partial charge in [-0.2, -0.15) is 5.26 Å². The maximum absolute atomic E-state index is 13.9. The first-order valence-electron chi connectivity index (χ1n) is 8.96. The van der Waals surface area contributed by atoms with Gasteiger partial charge in [0.15, 0.2) is 5.96 Å². The van der Waals surface area contributed by atoms with Crippen LogP contribution in [0.25, 0.3) is 0 Å². The van der Waals surface area contributed by atoms with Gasteiger partial charge in [-0.1, -0.05) is 13.8 Å². The van der Waals surface area contributed by atoms with Gasteiger partial charge in [0, 0.05) is 37.2 Å². The average Bonchev–Trinajstić information content (AvgIpc) is 3.08. The Balaban J connectivity index is 0.00000364. The monoisotopic (exact) mass is 487 g/mol. The minimum Gasteiger partial charge on any atom is -0.357 e. The van der Waals surface area contributed by atoms with E-state index in [4.69, 9.17) is 5.26 Å². The first-order chi connectivity index (χ1) is 12.4. The molecule has 0 radical (unpaired) electrons. The van der Waals surface area contributed by atoms with E-state index in [1.165, 1.54) is 18.2 Å². The second kappa shape index (κ2) is 11.1. The van der Waals surface area contributed by atoms with Crippen LogP contribution in [0.2, 0.25) is 0 Å². The smallest absolute Gasteiger partial charge is 0.225 e. The molecule has 0 spiro atoms. The van der Waals surface area contributed by atoms with Gasteiger partial charge in [0.05, 0.1) is 18.2 Å². The van der Waals surface area contributed by atoms with Crippen LogP contribution < -0.4 is 10.6 Å². The van der Waals surface area contributed by atoms with E-state index < -0.39 is 0 Å². The number of carbonyl (C=O) groups is 1. The predicted molar refractivity (Wildman–Crippen MR) is 114 cm³/mol. The topological polar surface area (TPSA) is 80.5 Å². The number of amides is 1. The highest BCUT2D eigenvalue weighted by molar-refractivity contribution is 14.0. The normalized spacial score (nSPS) is 16.7. The van der Waals surface area contributed by atoms with Gasteiger partial charge >= 0.3 is 0 Å². The third-order valence-corrected chi connectivity index (χ3v) is 4.26. The summed E-state index contributed by atoms with van der Waals surface area (Å²) >= 11 is 0. The molecule has 8 heteroatoms. The number of halogens is 2. The van der Waals surface area contributed by atoms with Crippen LogP contribution in [0.15, 0.2) is 23.2 Å². The third-order valence-electron chi connectivity index (χ3n) is 4.26. The van der Waals surface area contributed by atoms with E-state index >= 15 is 0 Å². The minimum atomic E-state index is -0.377. The predicted octanol–water partition coefficient (Wildman–Crippen LogP) is 2.63. The number of carbonyl (C=O) groups excluding carboxylic acids is 1. The van der Waals surface area contributed by atoms with Crippen molar-refractivity contribution < 1.29 is 9.18 Å². The lowest BCUT2D eigenvalue weighted by Gasteiger charge is -2.20. The van der Waals surface area contributed by atoms with Crippen molar-refractivity contribution in [2.24, 2.45) is 10.9 Å². The minimum absolute atomic E-state index is 0. The van der Waals surface area contributed by atoms with Crippen molar-refractivity contribution in [2.45, 2.75) is 39.8 Å². The van der Waals surface area contributed by atoms with E-state index in [2.05, 4.69) is 15.6 Å². The quantitative estimate of drug-likeness (QED) is 0.380. The number of nitrogens with zero attached hydrogens (tertiary/aromatic N) is 3. The van der Waals surface area contributed by atoms with Gasteiger partial charge in [0.1, 0.15) is 5.82 Å². The molecule has 1 aliphatic rings. The Morgan fingerprint density at radius 3 is 2.85 bits per heavy atom. The molecule has 1 unspecified atom stereocenters. The molecule has 1 heterocycles. The average molecular weight is 487 g/mol. The second-order valence-corrected chi connectivity index (χ2v) is 6.68. The van der Waals surface area contributed by atoms with Crippen molar-refractivity contribution in [1.82, 2.24) is 15.5 Å². The molecule has 1 fully saturated rings. The van der Waals surface area contributed by atoms with Crippen molar-refractivity contribution >= 4 is 35.8 Å². The lowest BCUT2D eigenvalue weighted by atomic mass is 10.1. The zero-order valence-corrected chi connectivity index (χ0v) is 18.3. The van der Waals surface area contributed by atoms with E-state index in [1.807, 2.05) is 31.7 Å². The highest BCUT2D eigenvalue weighted by Gasteiger charge is 2.27. The Kier molecular flexibility index (Phi) is 9.49. The second-order valence-electron chi connectivity index (χ2n) is 6.68. The Morgan fingerprint density at radius 1 is 1.48 bits per heavy atom. The van der Waals surface area contributed by atoms with Crippen molar-refractivity contribution in [3.63, 3.8) is 0 Å². The Labute approximate surface area is 177 Å². The molecule has 1 saturated heterocycles. The van der Waals surface area contributed by atoms with Gasteiger partial charge in [0.2, 0.25) is 5.91 Å². The zero-order valence-electron chi connectivity index (χ0n) is 16.0. The molecule has 2 N–H and O–H groups in total. The van der Waals surface area contributed by atoms with Gasteiger partial charge in [-0.15, -0.1) is 24.0 Å². The molecule has 0 saturated carbocycles. The summed E-state index contributed by atoms with van der Waals surface area (Å²) in [5, 5.41) is 15.4. The fourth-order valence-corrected chi connectivity index (χ4v) is 2.89. The van der Waals surface area contributed by atoms with Crippen LogP contribution in [0.5, 0.6) is 0 Å². The molecular weight excluding hydrogens is 460 g/mol. The van der Waals surface area contributed by atoms with Gasteiger partial charge in [-0.3, -0.25) is 4.79 Å². The number of nitrogens with one attached hydrogen (secondary N) is 2. The molecule has 1 atom stereocenters. The first kappa shape index (κ1) is 23.1. The fourth-order valence-electron chi connectivity index (χ4n) is 2.89. The number of hydrogen-bond donors (Lipinski definition) is 2. The number of rotatable bonds is 5. The lowest BCUT2D eigenvalue weighted by Crippen LogP contribution is -2.45. The van der Waals surface area contributed by atoms with Gasteiger partial charge < -0.3 is 15.5 Å². The fraction of sp³-hybridized carbons (Fsp3) is 0.526. The van der Waals surface area contributed by atoms with Gasteiger partial charge in [-0.25, -0.2) is 9.38 Å². The van der Waals surface area contributed by atoms with Crippen molar-refractivity contribution in [3.05, 3.63) is 35.1 Å². The van der Waals surface area contributed by atoms with Crippen molar-refractivity contribution in [1.29, 1.82) is 5.26 Å². The summed E-state index contributed by atoms with van der Waals surface area (Å²) < 4.78 is 13.9. The molecular formula is C19H27FIN5O. The summed E-state index contributed by atoms with van der Waals surface area (Å²) in [5.74, 6) is 0.356. The lowest BCUT2D eigenvalue weighted by molar-refractivity contribution is -0.133. The van der Waals surface area contributed by atoms with Crippen molar-refractivity contribution in [2.75, 3.05) is 19.6 Å². The highest BCUT2D eigenvalue weighted by Crippen LogP contribution is 2.14. The van der Waals surface area contributed by atoms with Crippen molar-refractivity contribution in [3.8, 4) is 6.07 Å². The van der Waals surface area contributed by atoms with E-state index in [-0.39, 0.29) is 54.2 Å². The number of guanidine groups is 1. The maximum atomic E-state index is 13.9. The van der Waals surface area contributed by atoms with E-state index in [1.54, 1.807) is 0 Å². The summed E-state index contributed by atoms with van der Waals surface area (Å²) in [5.41, 5.74) is 0.789. The standard InChI is InChI=1S/C19H26FN5O.HI/c1-4-22-19(23-11-15-9-14(10-21)5-6-17(15)20)24-16-7-8-25(12-16)18(26)13(2)3;/h5-6,9,13,16H,4,7-8,11-12H2,1-3H3,(H2,22,23,24);1H. The van der Waals surface area contributed by atoms with Gasteiger partial charge in [-0.05, 0) is 31.5 Å². The van der Waals surface area contributed by atoms with E-state index in [0.29, 0.717) is 30.2 Å². The molecule has 0 bridgehead atoms. The third kappa shape index (κ3) is 6.65. The maximum Gasteiger partial charge on any atom is 0.225 e. The number of benzene rings is 1. The van der Waals surface area contributed by atoms with Crippen LogP contribution in [0.1, 0.15) is 38.3 Å². The number of aliphatic imine (C=N–C) groups is 1. The van der Waals surface area contributed by atoms with Crippen LogP contribution in [0.4, 0.5) is 4.39 Å². The summed E-state index contributed by atoms with van der Waals surface area (Å²) in [6.45, 7) is 7.94. The van der Waals surface area contributed by atoms with E-state index in [9.17, 15) is 9.18 Å². The molecule has 0 aliphatic carbocycles. The summed E-state index contributed by atoms with van der Waals surface area (Å²) in [4.78, 5) is 18.4. The summed E-state index contributed by atoms with van der Waals surface area (Å²) in [7, 11) is 0. The molecule has 6 nitrogen and oxygen atoms in total. The summed E-state index contributed by atoms with van der Waals surface area (Å²) in [6, 6.07) is 6.38. The molecule has 1 aromatic rings. The largest absolute Gasteiger partial charge is 0.357 e. The molecule has 2 rings (SSSR count). The number of nitriles is 1. The van der Waals surface area contributed by atoms with Crippen LogP contribution in [-0.4, -0.2) is 42.4 Å². The van der Waals surface area contributed by atoms with Crippen LogP contribution >= 0.6 is 24.0 Å². The molecule has 148 valence electrons. The van der Waals surface area contributed by atoms with E-state index in [0.717, 1.165) is 13.0 Å². The SMILES string of the molecule is CCNC(=NCc1cc(C#N)ccc1F)NC1CCN(C(=O)C(C)C)C1.I. The summed E-state index contributed by atoms with van der Waals surface area (Å²) in [6.07, 6.45) is 0.848. The Bertz CT molecular complexity index is 717. The Morgan fingerprint density at radius 2 is 2.22 bits per heavy atom. The first-order valence-corrected chi connectivity index (χ1v) is 8.96. The zero-order chi connectivity index (χ0) is 19.1. The molecule has 1 amide bonds. The number of hydrogen-bond acceptors (Lipinski definition) is 3. The number of likely N-dealkylation sites (tertiary alicyclic amines) is 1.